The van der Waals surface area contributed by atoms with Crippen molar-refractivity contribution in [2.24, 2.45) is 0 Å². The van der Waals surface area contributed by atoms with Gasteiger partial charge < -0.3 is 0 Å². The Bertz CT molecular complexity index is 716. The largest absolute Gasteiger partial charge is 0.290 e. The molecule has 23 heavy (non-hydrogen) atoms. The molecule has 118 valence electrons. The van der Waals surface area contributed by atoms with Gasteiger partial charge >= 0.3 is 0 Å². The number of benzene rings is 2. The van der Waals surface area contributed by atoms with E-state index in [2.05, 4.69) is 22.6 Å². The molecule has 1 aliphatic rings. The van der Waals surface area contributed by atoms with Crippen molar-refractivity contribution in [2.75, 3.05) is 11.9 Å². The van der Waals surface area contributed by atoms with Gasteiger partial charge in [-0.1, -0.05) is 30.3 Å². The molecule has 0 N–H and O–H groups in total. The van der Waals surface area contributed by atoms with Gasteiger partial charge in [-0.15, -0.1) is 0 Å². The maximum atomic E-state index is 12.7. The Labute approximate surface area is 149 Å². The molecule has 0 aliphatic carbocycles. The monoisotopic (exact) mass is 420 g/mol. The van der Waals surface area contributed by atoms with Crippen LogP contribution in [0.25, 0.3) is 0 Å². The lowest BCUT2D eigenvalue weighted by Crippen LogP contribution is -2.39. The lowest BCUT2D eigenvalue weighted by Gasteiger charge is -2.23. The molecule has 1 saturated heterocycles. The van der Waals surface area contributed by atoms with Crippen LogP contribution in [0.4, 0.5) is 5.69 Å². The molecule has 4 nitrogen and oxygen atoms in total. The minimum atomic E-state index is -0.401. The summed E-state index contributed by atoms with van der Waals surface area (Å²) in [7, 11) is 1.89. The number of carbonyl (C=O) groups is 2. The van der Waals surface area contributed by atoms with Gasteiger partial charge in [-0.3, -0.25) is 14.5 Å². The number of rotatable bonds is 4. The second-order valence-electron chi connectivity index (χ2n) is 5.66. The highest BCUT2D eigenvalue weighted by Crippen LogP contribution is 2.26. The van der Waals surface area contributed by atoms with E-state index in [0.29, 0.717) is 12.2 Å². The number of nitrogens with zero attached hydrogens (tertiary/aromatic N) is 2. The van der Waals surface area contributed by atoms with Crippen molar-refractivity contribution in [1.29, 1.82) is 0 Å². The summed E-state index contributed by atoms with van der Waals surface area (Å²) in [4.78, 5) is 28.3. The van der Waals surface area contributed by atoms with Crippen molar-refractivity contribution in [3.8, 4) is 0 Å². The number of amides is 2. The maximum Gasteiger partial charge on any atom is 0.251 e. The van der Waals surface area contributed by atoms with Gasteiger partial charge in [-0.25, -0.2) is 4.90 Å². The topological polar surface area (TPSA) is 40.6 Å². The molecule has 2 aromatic carbocycles. The fourth-order valence-electron chi connectivity index (χ4n) is 2.80. The third-order valence-electron chi connectivity index (χ3n) is 4.01. The van der Waals surface area contributed by atoms with Crippen molar-refractivity contribution in [2.45, 2.75) is 19.0 Å². The fraction of sp³-hybridized carbons (Fsp3) is 0.222. The van der Waals surface area contributed by atoms with Gasteiger partial charge in [0.1, 0.15) is 0 Å². The molecule has 0 saturated carbocycles. The second-order valence-corrected chi connectivity index (χ2v) is 6.91. The van der Waals surface area contributed by atoms with Crippen LogP contribution in [-0.4, -0.2) is 29.8 Å². The van der Waals surface area contributed by atoms with Gasteiger partial charge in [-0.05, 0) is 59.5 Å². The normalized spacial score (nSPS) is 18.0. The minimum Gasteiger partial charge on any atom is -0.290 e. The van der Waals surface area contributed by atoms with E-state index < -0.39 is 6.04 Å². The third-order valence-corrected chi connectivity index (χ3v) is 4.73. The van der Waals surface area contributed by atoms with E-state index in [1.54, 1.807) is 0 Å². The van der Waals surface area contributed by atoms with Crippen molar-refractivity contribution in [3.63, 3.8) is 0 Å². The summed E-state index contributed by atoms with van der Waals surface area (Å²) in [5, 5.41) is 0. The summed E-state index contributed by atoms with van der Waals surface area (Å²) in [5.41, 5.74) is 1.78. The van der Waals surface area contributed by atoms with Crippen LogP contribution >= 0.6 is 22.6 Å². The van der Waals surface area contributed by atoms with Gasteiger partial charge in [0.15, 0.2) is 0 Å². The Balaban J connectivity index is 1.76. The van der Waals surface area contributed by atoms with Crippen LogP contribution in [0, 0.1) is 3.57 Å². The number of likely N-dealkylation sites (N-methyl/N-ethyl adjacent to an activating group) is 1. The Hall–Kier alpha value is -1.73. The Kier molecular flexibility index (Phi) is 4.77. The van der Waals surface area contributed by atoms with Crippen LogP contribution in [-0.2, 0) is 16.1 Å². The van der Waals surface area contributed by atoms with E-state index in [0.717, 1.165) is 9.13 Å². The van der Waals surface area contributed by atoms with Crippen molar-refractivity contribution in [1.82, 2.24) is 4.90 Å². The molecule has 0 spiro atoms. The lowest BCUT2D eigenvalue weighted by atomic mass is 10.1. The molecule has 1 fully saturated rings. The van der Waals surface area contributed by atoms with Crippen molar-refractivity contribution < 1.29 is 9.59 Å². The molecule has 3 rings (SSSR count). The highest BCUT2D eigenvalue weighted by atomic mass is 127. The summed E-state index contributed by atoms with van der Waals surface area (Å²) < 4.78 is 1.07. The van der Waals surface area contributed by atoms with Crippen LogP contribution in [0.3, 0.4) is 0 Å². The molecular formula is C18H17IN2O2. The standard InChI is InChI=1S/C18H17IN2O2/c1-20(12-13-5-3-2-4-6-13)16-11-17(22)21(18(16)23)15-9-7-14(19)8-10-15/h2-10,16H,11-12H2,1H3. The van der Waals surface area contributed by atoms with Crippen LogP contribution in [0.1, 0.15) is 12.0 Å². The number of imide groups is 1. The van der Waals surface area contributed by atoms with Gasteiger partial charge in [0.2, 0.25) is 5.91 Å². The first kappa shape index (κ1) is 16.1. The van der Waals surface area contributed by atoms with Gasteiger partial charge in [0.05, 0.1) is 18.2 Å². The third kappa shape index (κ3) is 3.45. The summed E-state index contributed by atoms with van der Waals surface area (Å²) >= 11 is 2.20. The van der Waals surface area contributed by atoms with E-state index in [9.17, 15) is 9.59 Å². The molecule has 5 heteroatoms. The Morgan fingerprint density at radius 3 is 2.39 bits per heavy atom. The molecule has 1 atom stereocenters. The molecule has 0 radical (unpaired) electrons. The quantitative estimate of drug-likeness (QED) is 0.564. The van der Waals surface area contributed by atoms with Gasteiger partial charge in [0, 0.05) is 10.1 Å². The fourth-order valence-corrected chi connectivity index (χ4v) is 3.16. The van der Waals surface area contributed by atoms with E-state index in [1.807, 2.05) is 66.5 Å². The molecule has 1 unspecified atom stereocenters. The molecule has 1 aliphatic heterocycles. The van der Waals surface area contributed by atoms with Crippen molar-refractivity contribution in [3.05, 3.63) is 63.7 Å². The predicted molar refractivity (Wildman–Crippen MR) is 98.0 cm³/mol. The smallest absolute Gasteiger partial charge is 0.251 e. The highest BCUT2D eigenvalue weighted by molar-refractivity contribution is 14.1. The maximum absolute atomic E-state index is 12.7. The SMILES string of the molecule is CN(Cc1ccccc1)C1CC(=O)N(c2ccc(I)cc2)C1=O. The number of hydrogen-bond acceptors (Lipinski definition) is 3. The van der Waals surface area contributed by atoms with E-state index in [-0.39, 0.29) is 18.2 Å². The van der Waals surface area contributed by atoms with Gasteiger partial charge in [-0.2, -0.15) is 0 Å². The number of anilines is 1. The molecule has 1 heterocycles. The van der Waals surface area contributed by atoms with E-state index in [4.69, 9.17) is 0 Å². The first-order chi connectivity index (χ1) is 11.1. The van der Waals surface area contributed by atoms with E-state index in [1.165, 1.54) is 4.90 Å². The minimum absolute atomic E-state index is 0.138. The van der Waals surface area contributed by atoms with E-state index >= 15 is 0 Å². The number of halogens is 1. The molecule has 0 bridgehead atoms. The summed E-state index contributed by atoms with van der Waals surface area (Å²) in [6, 6.07) is 17.0. The highest BCUT2D eigenvalue weighted by Gasteiger charge is 2.41. The zero-order valence-corrected chi connectivity index (χ0v) is 14.9. The van der Waals surface area contributed by atoms with Gasteiger partial charge in [0.25, 0.3) is 5.91 Å². The van der Waals surface area contributed by atoms with Crippen LogP contribution in [0.2, 0.25) is 0 Å². The molecule has 2 aromatic rings. The second kappa shape index (κ2) is 6.80. The number of carbonyl (C=O) groups excluding carboxylic acids is 2. The average Bonchev–Trinajstić information content (AvgIpc) is 2.84. The average molecular weight is 420 g/mol. The van der Waals surface area contributed by atoms with Crippen LogP contribution in [0.15, 0.2) is 54.6 Å². The molecular weight excluding hydrogens is 403 g/mol. The van der Waals surface area contributed by atoms with Crippen LogP contribution in [0.5, 0.6) is 0 Å². The Morgan fingerprint density at radius 2 is 1.74 bits per heavy atom. The summed E-state index contributed by atoms with van der Waals surface area (Å²) in [6.07, 6.45) is 0.230. The zero-order chi connectivity index (χ0) is 16.4. The summed E-state index contributed by atoms with van der Waals surface area (Å²) in [6.45, 7) is 0.644. The lowest BCUT2D eigenvalue weighted by molar-refractivity contribution is -0.122. The zero-order valence-electron chi connectivity index (χ0n) is 12.8. The molecule has 0 aromatic heterocycles. The number of hydrogen-bond donors (Lipinski definition) is 0. The summed E-state index contributed by atoms with van der Waals surface area (Å²) in [5.74, 6) is -0.282. The van der Waals surface area contributed by atoms with Crippen LogP contribution < -0.4 is 4.90 Å². The first-order valence-corrected chi connectivity index (χ1v) is 8.50. The molecule has 2 amide bonds. The first-order valence-electron chi connectivity index (χ1n) is 7.43. The van der Waals surface area contributed by atoms with Crippen molar-refractivity contribution >= 4 is 40.1 Å². The predicted octanol–water partition coefficient (Wildman–Crippen LogP) is 3.06. The Morgan fingerprint density at radius 1 is 1.09 bits per heavy atom.